The van der Waals surface area contributed by atoms with Crippen molar-refractivity contribution in [3.63, 3.8) is 0 Å². The fraction of sp³-hybridized carbons (Fsp3) is 0.375. The van der Waals surface area contributed by atoms with Crippen LogP contribution in [-0.2, 0) is 4.74 Å². The highest BCUT2D eigenvalue weighted by molar-refractivity contribution is 5.89. The van der Waals surface area contributed by atoms with E-state index < -0.39 is 0 Å². The summed E-state index contributed by atoms with van der Waals surface area (Å²) in [6.07, 6.45) is 4.48. The second kappa shape index (κ2) is 7.65. The van der Waals surface area contributed by atoms with Crippen molar-refractivity contribution in [2.24, 2.45) is 0 Å². The zero-order valence-electron chi connectivity index (χ0n) is 13.9. The van der Waals surface area contributed by atoms with Crippen LogP contribution in [0.1, 0.15) is 12.8 Å². The van der Waals surface area contributed by atoms with E-state index in [0.29, 0.717) is 18.8 Å². The minimum atomic E-state index is -0.366. The second-order valence-corrected chi connectivity index (χ2v) is 5.72. The van der Waals surface area contributed by atoms with Gasteiger partial charge in [-0.15, -0.1) is 0 Å². The quantitative estimate of drug-likeness (QED) is 0.881. The van der Waals surface area contributed by atoms with Crippen LogP contribution in [0.2, 0.25) is 0 Å². The molecular weight excluding hydrogens is 324 g/mol. The lowest BCUT2D eigenvalue weighted by Gasteiger charge is -2.32. The highest BCUT2D eigenvalue weighted by Crippen LogP contribution is 2.13. The number of benzene rings is 1. The average molecular weight is 344 g/mol. The number of ether oxygens (including phenoxy) is 1. The molecule has 0 radical (unpaired) electrons. The summed E-state index contributed by atoms with van der Waals surface area (Å²) in [6.45, 7) is 1.10. The van der Waals surface area contributed by atoms with E-state index in [4.69, 9.17) is 4.74 Å². The minimum Gasteiger partial charge on any atom is -0.453 e. The number of carbonyl (C=O) groups excluding carboxylic acids is 2. The van der Waals surface area contributed by atoms with Crippen LogP contribution in [0.25, 0.3) is 5.69 Å². The number of hydrogen-bond acceptors (Lipinski definition) is 5. The molecule has 2 aromatic rings. The van der Waals surface area contributed by atoms with Crippen LogP contribution in [-0.4, -0.2) is 58.3 Å². The smallest absolute Gasteiger partial charge is 0.409 e. The van der Waals surface area contributed by atoms with Gasteiger partial charge in [-0.1, -0.05) is 0 Å². The number of piperidine rings is 1. The van der Waals surface area contributed by atoms with E-state index in [1.165, 1.54) is 11.9 Å². The number of amides is 3. The number of hydrogen-bond donors (Lipinski definition) is 2. The number of methoxy groups -OCH3 is 1. The fourth-order valence-corrected chi connectivity index (χ4v) is 2.77. The van der Waals surface area contributed by atoms with Crippen molar-refractivity contribution in [1.82, 2.24) is 25.2 Å². The van der Waals surface area contributed by atoms with Crippen molar-refractivity contribution >= 4 is 17.8 Å². The van der Waals surface area contributed by atoms with E-state index in [9.17, 15) is 9.59 Å². The number of aromatic nitrogens is 3. The van der Waals surface area contributed by atoms with Crippen LogP contribution in [0.15, 0.2) is 36.7 Å². The van der Waals surface area contributed by atoms with Crippen molar-refractivity contribution in [3.05, 3.63) is 36.7 Å². The SMILES string of the molecule is COC(=O)N1CCC[C@H](NC(=O)Nc2ccc(-n3nccn3)cc2)C1. The third-order valence-electron chi connectivity index (χ3n) is 3.96. The Balaban J connectivity index is 1.53. The molecule has 1 aromatic heterocycles. The molecule has 2 N–H and O–H groups in total. The molecule has 9 nitrogen and oxygen atoms in total. The molecule has 25 heavy (non-hydrogen) atoms. The van der Waals surface area contributed by atoms with Crippen molar-refractivity contribution in [1.29, 1.82) is 0 Å². The molecule has 1 aliphatic heterocycles. The highest BCUT2D eigenvalue weighted by Gasteiger charge is 2.25. The molecule has 1 saturated heterocycles. The maximum atomic E-state index is 12.2. The van der Waals surface area contributed by atoms with Crippen LogP contribution in [0.3, 0.4) is 0 Å². The number of likely N-dealkylation sites (tertiary alicyclic amines) is 1. The first-order valence-electron chi connectivity index (χ1n) is 8.03. The summed E-state index contributed by atoms with van der Waals surface area (Å²) in [7, 11) is 1.36. The highest BCUT2D eigenvalue weighted by atomic mass is 16.5. The van der Waals surface area contributed by atoms with E-state index in [0.717, 1.165) is 18.5 Å². The predicted octanol–water partition coefficient (Wildman–Crippen LogP) is 1.62. The Bertz CT molecular complexity index is 716. The minimum absolute atomic E-state index is 0.0969. The zero-order valence-corrected chi connectivity index (χ0v) is 13.9. The maximum Gasteiger partial charge on any atom is 0.409 e. The van der Waals surface area contributed by atoms with Crippen LogP contribution in [0, 0.1) is 0 Å². The topological polar surface area (TPSA) is 101 Å². The molecule has 3 rings (SSSR count). The first-order valence-corrected chi connectivity index (χ1v) is 8.03. The lowest BCUT2D eigenvalue weighted by molar-refractivity contribution is 0.108. The van der Waals surface area contributed by atoms with Gasteiger partial charge in [0.05, 0.1) is 25.2 Å². The number of nitrogens with zero attached hydrogens (tertiary/aromatic N) is 4. The van der Waals surface area contributed by atoms with Crippen LogP contribution >= 0.6 is 0 Å². The molecular formula is C16H20N6O3. The van der Waals surface area contributed by atoms with Gasteiger partial charge >= 0.3 is 12.1 Å². The largest absolute Gasteiger partial charge is 0.453 e. The Morgan fingerprint density at radius 2 is 1.92 bits per heavy atom. The summed E-state index contributed by atoms with van der Waals surface area (Å²) >= 11 is 0. The first kappa shape index (κ1) is 16.7. The molecule has 3 amide bonds. The number of nitrogens with one attached hydrogen (secondary N) is 2. The Kier molecular flexibility index (Phi) is 5.12. The van der Waals surface area contributed by atoms with Crippen LogP contribution < -0.4 is 10.6 Å². The van der Waals surface area contributed by atoms with E-state index >= 15 is 0 Å². The van der Waals surface area contributed by atoms with Gasteiger partial charge in [0.2, 0.25) is 0 Å². The molecule has 0 bridgehead atoms. The van der Waals surface area contributed by atoms with E-state index in [1.807, 2.05) is 12.1 Å². The number of urea groups is 1. The third kappa shape index (κ3) is 4.25. The summed E-state index contributed by atoms with van der Waals surface area (Å²) < 4.78 is 4.73. The number of rotatable bonds is 3. The summed E-state index contributed by atoms with van der Waals surface area (Å²) in [5, 5.41) is 13.8. The normalized spacial score (nSPS) is 17.0. The van der Waals surface area contributed by atoms with Crippen molar-refractivity contribution in [2.45, 2.75) is 18.9 Å². The Labute approximate surface area is 144 Å². The fourth-order valence-electron chi connectivity index (χ4n) is 2.77. The molecule has 0 saturated carbocycles. The van der Waals surface area contributed by atoms with Gasteiger partial charge in [0.15, 0.2) is 0 Å². The first-order chi connectivity index (χ1) is 12.2. The zero-order chi connectivity index (χ0) is 17.6. The monoisotopic (exact) mass is 344 g/mol. The summed E-state index contributed by atoms with van der Waals surface area (Å²) in [5.74, 6) is 0. The van der Waals surface area contributed by atoms with Gasteiger partial charge in [0.1, 0.15) is 0 Å². The summed E-state index contributed by atoms with van der Waals surface area (Å²) in [4.78, 5) is 26.8. The van der Waals surface area contributed by atoms with Crippen molar-refractivity contribution in [3.8, 4) is 5.69 Å². The molecule has 9 heteroatoms. The Morgan fingerprint density at radius 3 is 2.60 bits per heavy atom. The van der Waals surface area contributed by atoms with Gasteiger partial charge in [0, 0.05) is 24.8 Å². The van der Waals surface area contributed by atoms with Gasteiger partial charge in [-0.25, -0.2) is 9.59 Å². The molecule has 2 heterocycles. The molecule has 1 aromatic carbocycles. The molecule has 1 aliphatic rings. The van der Waals surface area contributed by atoms with Crippen molar-refractivity contribution < 1.29 is 14.3 Å². The van der Waals surface area contributed by atoms with Crippen molar-refractivity contribution in [2.75, 3.05) is 25.5 Å². The van der Waals surface area contributed by atoms with Gasteiger partial charge in [-0.05, 0) is 37.1 Å². The lowest BCUT2D eigenvalue weighted by atomic mass is 10.1. The van der Waals surface area contributed by atoms with Gasteiger partial charge < -0.3 is 20.3 Å². The molecule has 0 spiro atoms. The Morgan fingerprint density at radius 1 is 1.20 bits per heavy atom. The van der Waals surface area contributed by atoms with E-state index in [-0.39, 0.29) is 18.2 Å². The maximum absolute atomic E-state index is 12.2. The van der Waals surface area contributed by atoms with Gasteiger partial charge in [0.25, 0.3) is 0 Å². The van der Waals surface area contributed by atoms with E-state index in [2.05, 4.69) is 20.8 Å². The van der Waals surface area contributed by atoms with E-state index in [1.54, 1.807) is 29.4 Å². The lowest BCUT2D eigenvalue weighted by Crippen LogP contribution is -2.50. The van der Waals surface area contributed by atoms with Crippen LogP contribution in [0.4, 0.5) is 15.3 Å². The van der Waals surface area contributed by atoms with Crippen LogP contribution in [0.5, 0.6) is 0 Å². The average Bonchev–Trinajstić information content (AvgIpc) is 3.16. The Hall–Kier alpha value is -3.10. The molecule has 1 atom stereocenters. The summed E-state index contributed by atoms with van der Waals surface area (Å²) in [6, 6.07) is 6.78. The number of anilines is 1. The summed E-state index contributed by atoms with van der Waals surface area (Å²) in [5.41, 5.74) is 1.46. The third-order valence-corrected chi connectivity index (χ3v) is 3.96. The molecule has 0 aliphatic carbocycles. The van der Waals surface area contributed by atoms with Gasteiger partial charge in [-0.3, -0.25) is 0 Å². The molecule has 132 valence electrons. The molecule has 1 fully saturated rings. The standard InChI is InChI=1S/C16H20N6O3/c1-25-16(24)21-10-2-3-13(11-21)20-15(23)19-12-4-6-14(7-5-12)22-17-8-9-18-22/h4-9,13H,2-3,10-11H2,1H3,(H2,19,20,23)/t13-/m0/s1. The second-order valence-electron chi connectivity index (χ2n) is 5.72. The van der Waals surface area contributed by atoms with Gasteiger partial charge in [-0.2, -0.15) is 15.0 Å². The molecule has 0 unspecified atom stereocenters. The predicted molar refractivity (Wildman–Crippen MR) is 90.5 cm³/mol. The number of carbonyl (C=O) groups is 2.